The highest BCUT2D eigenvalue weighted by Crippen LogP contribution is 2.48. The Balaban J connectivity index is 2.28. The molecule has 0 aromatic carbocycles. The van der Waals surface area contributed by atoms with Crippen molar-refractivity contribution in [3.05, 3.63) is 15.3 Å². The highest BCUT2D eigenvalue weighted by atomic mass is 32.2. The number of fused-ring (bicyclic) bond motifs is 1. The molecule has 2 N–H and O–H groups in total. The summed E-state index contributed by atoms with van der Waals surface area (Å²) in [6.45, 7) is 0. The predicted octanol–water partition coefficient (Wildman–Crippen LogP) is 0.699. The van der Waals surface area contributed by atoms with Crippen LogP contribution in [0.2, 0.25) is 0 Å². The Kier molecular flexibility index (Phi) is 3.86. The standard InChI is InChI=1S/C9H11F3N3O4S/c10-9(11,12)3-1-4-6(5(2-3)15(18)19)20-8(7(13)16)14(4)17/h3-6,8H,1-2H2,(H2,13,16)/q-1. The number of amides is 1. The van der Waals surface area contributed by atoms with Crippen molar-refractivity contribution in [1.82, 2.24) is 5.06 Å². The van der Waals surface area contributed by atoms with E-state index in [1.807, 2.05) is 0 Å². The number of halogens is 3. The van der Waals surface area contributed by atoms with Crippen molar-refractivity contribution in [3.8, 4) is 0 Å². The lowest BCUT2D eigenvalue weighted by molar-refractivity contribution is -0.529. The first-order valence-electron chi connectivity index (χ1n) is 5.73. The number of rotatable bonds is 2. The minimum absolute atomic E-state index is 0.187. The van der Waals surface area contributed by atoms with Gasteiger partial charge in [0.15, 0.2) is 0 Å². The number of primary amides is 1. The highest BCUT2D eigenvalue weighted by Gasteiger charge is 2.57. The van der Waals surface area contributed by atoms with Crippen LogP contribution in [0.5, 0.6) is 0 Å². The molecule has 1 saturated heterocycles. The van der Waals surface area contributed by atoms with Crippen LogP contribution in [0.15, 0.2) is 0 Å². The molecule has 1 amide bonds. The van der Waals surface area contributed by atoms with Crippen LogP contribution in [0.25, 0.3) is 0 Å². The van der Waals surface area contributed by atoms with Gasteiger partial charge in [0.1, 0.15) is 5.37 Å². The Bertz CT molecular complexity index is 435. The zero-order valence-corrected chi connectivity index (χ0v) is 10.8. The molecule has 0 spiro atoms. The first kappa shape index (κ1) is 15.3. The van der Waals surface area contributed by atoms with Crippen LogP contribution < -0.4 is 5.73 Å². The first-order valence-corrected chi connectivity index (χ1v) is 6.67. The number of alkyl halides is 3. The average molecular weight is 314 g/mol. The van der Waals surface area contributed by atoms with Gasteiger partial charge >= 0.3 is 6.18 Å². The molecule has 2 rings (SSSR count). The maximum atomic E-state index is 12.8. The summed E-state index contributed by atoms with van der Waals surface area (Å²) in [7, 11) is 0. The number of hydroxylamine groups is 2. The fourth-order valence-electron chi connectivity index (χ4n) is 2.68. The molecule has 1 heterocycles. The summed E-state index contributed by atoms with van der Waals surface area (Å²) in [5.41, 5.74) is 4.99. The van der Waals surface area contributed by atoms with Gasteiger partial charge in [-0.2, -0.15) is 13.2 Å². The summed E-state index contributed by atoms with van der Waals surface area (Å²) < 4.78 is 38.3. The molecule has 1 aliphatic carbocycles. The second-order valence-electron chi connectivity index (χ2n) is 4.85. The number of nitrogens with two attached hydrogens (primary N) is 1. The Morgan fingerprint density at radius 3 is 2.45 bits per heavy atom. The molecule has 0 aromatic heterocycles. The molecule has 11 heteroatoms. The number of carbonyl (C=O) groups is 1. The fraction of sp³-hybridized carbons (Fsp3) is 0.889. The number of hydrogen-bond acceptors (Lipinski definition) is 6. The summed E-state index contributed by atoms with van der Waals surface area (Å²) in [6, 6.07) is -2.72. The van der Waals surface area contributed by atoms with E-state index in [0.717, 1.165) is 0 Å². The van der Waals surface area contributed by atoms with Crippen molar-refractivity contribution in [2.45, 2.75) is 41.7 Å². The van der Waals surface area contributed by atoms with Crippen LogP contribution in [0.3, 0.4) is 0 Å². The van der Waals surface area contributed by atoms with Crippen molar-refractivity contribution < 1.29 is 22.9 Å². The van der Waals surface area contributed by atoms with Crippen molar-refractivity contribution in [2.75, 3.05) is 0 Å². The van der Waals surface area contributed by atoms with E-state index in [1.165, 1.54) is 0 Å². The van der Waals surface area contributed by atoms with Crippen LogP contribution in [-0.2, 0) is 4.79 Å². The Morgan fingerprint density at radius 1 is 1.40 bits per heavy atom. The van der Waals surface area contributed by atoms with Crippen molar-refractivity contribution in [3.63, 3.8) is 0 Å². The molecule has 7 nitrogen and oxygen atoms in total. The Hall–Kier alpha value is -1.07. The van der Waals surface area contributed by atoms with Crippen molar-refractivity contribution in [2.24, 2.45) is 11.7 Å². The summed E-state index contributed by atoms with van der Waals surface area (Å²) in [4.78, 5) is 21.2. The zero-order valence-electron chi connectivity index (χ0n) is 9.95. The third-order valence-electron chi connectivity index (χ3n) is 3.63. The average Bonchev–Trinajstić information content (AvgIpc) is 2.64. The molecular weight excluding hydrogens is 303 g/mol. The van der Waals surface area contributed by atoms with Crippen LogP contribution in [0.1, 0.15) is 12.8 Å². The zero-order chi connectivity index (χ0) is 15.2. The van der Waals surface area contributed by atoms with E-state index in [4.69, 9.17) is 5.73 Å². The van der Waals surface area contributed by atoms with Gasteiger partial charge in [-0.25, -0.2) is 0 Å². The summed E-state index contributed by atoms with van der Waals surface area (Å²) in [5, 5.41) is 20.6. The molecule has 2 fully saturated rings. The van der Waals surface area contributed by atoms with E-state index < -0.39 is 58.5 Å². The molecule has 1 aliphatic heterocycles. The summed E-state index contributed by atoms with van der Waals surface area (Å²) in [5.74, 6) is -2.91. The van der Waals surface area contributed by atoms with Gasteiger partial charge < -0.3 is 16.0 Å². The van der Waals surface area contributed by atoms with Gasteiger partial charge in [-0.1, -0.05) is 0 Å². The minimum atomic E-state index is -4.60. The topological polar surface area (TPSA) is 113 Å². The van der Waals surface area contributed by atoms with Gasteiger partial charge in [-0.3, -0.25) is 14.9 Å². The molecule has 0 radical (unpaired) electrons. The van der Waals surface area contributed by atoms with E-state index in [2.05, 4.69) is 0 Å². The number of nitro groups is 1. The molecule has 5 unspecified atom stereocenters. The molecule has 0 aromatic rings. The summed E-state index contributed by atoms with van der Waals surface area (Å²) >= 11 is 0.690. The molecule has 2 aliphatic rings. The lowest BCUT2D eigenvalue weighted by Gasteiger charge is -2.40. The van der Waals surface area contributed by atoms with Gasteiger partial charge in [-0.05, 0) is 6.42 Å². The van der Waals surface area contributed by atoms with Crippen LogP contribution in [-0.4, -0.2) is 44.8 Å². The third-order valence-corrected chi connectivity index (χ3v) is 5.27. The normalized spacial score (nSPS) is 38.5. The first-order chi connectivity index (χ1) is 9.12. The van der Waals surface area contributed by atoms with Gasteiger partial charge in [-0.15, -0.1) is 11.8 Å². The van der Waals surface area contributed by atoms with E-state index in [-0.39, 0.29) is 5.06 Å². The third kappa shape index (κ3) is 2.56. The molecule has 0 bridgehead atoms. The monoisotopic (exact) mass is 314 g/mol. The van der Waals surface area contributed by atoms with Crippen molar-refractivity contribution in [1.29, 1.82) is 0 Å². The van der Waals surface area contributed by atoms with E-state index in [9.17, 15) is 33.3 Å². The van der Waals surface area contributed by atoms with E-state index in [0.29, 0.717) is 11.8 Å². The second kappa shape index (κ2) is 5.04. The second-order valence-corrected chi connectivity index (χ2v) is 6.11. The molecule has 1 saturated carbocycles. The number of nitrogens with zero attached hydrogens (tertiary/aromatic N) is 2. The molecule has 5 atom stereocenters. The maximum Gasteiger partial charge on any atom is 0.392 e. The lowest BCUT2D eigenvalue weighted by atomic mass is 9.81. The number of carbonyl (C=O) groups excluding carboxylic acids is 1. The predicted molar refractivity (Wildman–Crippen MR) is 62.9 cm³/mol. The highest BCUT2D eigenvalue weighted by molar-refractivity contribution is 8.01. The minimum Gasteiger partial charge on any atom is -0.784 e. The fourth-order valence-corrected chi connectivity index (χ4v) is 4.19. The van der Waals surface area contributed by atoms with Crippen LogP contribution in [0.4, 0.5) is 13.2 Å². The SMILES string of the molecule is NC(=O)C1SC2C(CC(C(F)(F)F)CC2[N+](=O)[O-])N1[O-]. The van der Waals surface area contributed by atoms with Crippen LogP contribution in [0, 0.1) is 21.2 Å². The smallest absolute Gasteiger partial charge is 0.392 e. The largest absolute Gasteiger partial charge is 0.784 e. The number of hydrogen-bond donors (Lipinski definition) is 1. The molecule has 114 valence electrons. The lowest BCUT2D eigenvalue weighted by Crippen LogP contribution is -2.51. The van der Waals surface area contributed by atoms with Gasteiger partial charge in [0.2, 0.25) is 11.9 Å². The Labute approximate surface area is 115 Å². The van der Waals surface area contributed by atoms with E-state index >= 15 is 0 Å². The summed E-state index contributed by atoms with van der Waals surface area (Å²) in [6.07, 6.45) is -5.82. The van der Waals surface area contributed by atoms with Gasteiger partial charge in [0, 0.05) is 17.4 Å². The quantitative estimate of drug-likeness (QED) is 0.593. The number of thioether (sulfide) groups is 1. The van der Waals surface area contributed by atoms with Crippen molar-refractivity contribution >= 4 is 17.7 Å². The molecular formula is C9H11F3N3O4S-. The van der Waals surface area contributed by atoms with Gasteiger partial charge in [0.25, 0.3) is 0 Å². The molecule has 20 heavy (non-hydrogen) atoms. The maximum absolute atomic E-state index is 12.8. The van der Waals surface area contributed by atoms with Crippen LogP contribution >= 0.6 is 11.8 Å². The van der Waals surface area contributed by atoms with Gasteiger partial charge in [0.05, 0.1) is 11.2 Å². The Morgan fingerprint density at radius 2 is 2.00 bits per heavy atom. The van der Waals surface area contributed by atoms with E-state index in [1.54, 1.807) is 0 Å².